The van der Waals surface area contributed by atoms with Crippen molar-refractivity contribution in [1.82, 2.24) is 4.31 Å². The molecule has 0 aliphatic carbocycles. The fourth-order valence-electron chi connectivity index (χ4n) is 1.85. The van der Waals surface area contributed by atoms with Crippen LogP contribution in [0.4, 0.5) is 0 Å². The van der Waals surface area contributed by atoms with Gasteiger partial charge in [0.05, 0.1) is 5.75 Å². The van der Waals surface area contributed by atoms with Crippen molar-refractivity contribution in [3.8, 4) is 0 Å². The van der Waals surface area contributed by atoms with E-state index >= 15 is 0 Å². The van der Waals surface area contributed by atoms with E-state index in [0.29, 0.717) is 0 Å². The molecule has 13 heavy (non-hydrogen) atoms. The van der Waals surface area contributed by atoms with Crippen LogP contribution in [0.25, 0.3) is 0 Å². The van der Waals surface area contributed by atoms with Crippen molar-refractivity contribution in [3.63, 3.8) is 0 Å². The third-order valence-electron chi connectivity index (χ3n) is 2.41. The zero-order chi connectivity index (χ0) is 10.1. The molecule has 1 saturated heterocycles. The molecule has 0 aromatic carbocycles. The van der Waals surface area contributed by atoms with E-state index < -0.39 is 10.0 Å². The first-order chi connectivity index (χ1) is 5.99. The number of hydrogen-bond donors (Lipinski definition) is 0. The molecular formula is C9H17NO2S. The minimum Gasteiger partial charge on any atom is -0.212 e. The van der Waals surface area contributed by atoms with Crippen molar-refractivity contribution in [2.45, 2.75) is 39.3 Å². The summed E-state index contributed by atoms with van der Waals surface area (Å²) in [5.41, 5.74) is 0. The second-order valence-electron chi connectivity index (χ2n) is 3.61. The number of rotatable bonds is 3. The van der Waals surface area contributed by atoms with E-state index in [1.807, 2.05) is 20.8 Å². The van der Waals surface area contributed by atoms with Crippen LogP contribution in [0, 0.1) is 0 Å². The van der Waals surface area contributed by atoms with E-state index in [2.05, 4.69) is 0 Å². The molecule has 0 saturated carbocycles. The highest BCUT2D eigenvalue weighted by atomic mass is 32.2. The van der Waals surface area contributed by atoms with E-state index in [9.17, 15) is 8.42 Å². The summed E-state index contributed by atoms with van der Waals surface area (Å²) in [6, 6.07) is 0.371. The standard InChI is InChI=1S/C9H17NO2S/c1-4-5-6-13(11,12)10-8(2)7-9(10)3/h4-5,8-9H,6-7H2,1-3H3/b5-4+. The number of nitrogens with zero attached hydrogens (tertiary/aromatic N) is 1. The van der Waals surface area contributed by atoms with Crippen LogP contribution in [-0.4, -0.2) is 30.6 Å². The fourth-order valence-corrected chi connectivity index (χ4v) is 3.73. The van der Waals surface area contributed by atoms with Gasteiger partial charge in [-0.05, 0) is 27.2 Å². The van der Waals surface area contributed by atoms with Crippen molar-refractivity contribution in [2.75, 3.05) is 5.75 Å². The van der Waals surface area contributed by atoms with Crippen molar-refractivity contribution < 1.29 is 8.42 Å². The quantitative estimate of drug-likeness (QED) is 0.650. The number of allylic oxidation sites excluding steroid dienone is 1. The van der Waals surface area contributed by atoms with Crippen LogP contribution in [0.5, 0.6) is 0 Å². The van der Waals surface area contributed by atoms with Gasteiger partial charge in [0.2, 0.25) is 10.0 Å². The highest BCUT2D eigenvalue weighted by molar-refractivity contribution is 7.89. The Bertz CT molecular complexity index is 287. The van der Waals surface area contributed by atoms with Crippen LogP contribution in [0.15, 0.2) is 12.2 Å². The molecule has 3 nitrogen and oxygen atoms in total. The van der Waals surface area contributed by atoms with Crippen LogP contribution in [0.1, 0.15) is 27.2 Å². The lowest BCUT2D eigenvalue weighted by Gasteiger charge is -2.43. The zero-order valence-corrected chi connectivity index (χ0v) is 9.21. The predicted molar refractivity (Wildman–Crippen MR) is 54.0 cm³/mol. The Morgan fingerprint density at radius 2 is 1.92 bits per heavy atom. The van der Waals surface area contributed by atoms with Crippen molar-refractivity contribution in [2.24, 2.45) is 0 Å². The molecule has 0 amide bonds. The largest absolute Gasteiger partial charge is 0.218 e. The summed E-state index contributed by atoms with van der Waals surface area (Å²) >= 11 is 0. The van der Waals surface area contributed by atoms with E-state index in [1.165, 1.54) is 0 Å². The smallest absolute Gasteiger partial charge is 0.212 e. The lowest BCUT2D eigenvalue weighted by Crippen LogP contribution is -2.56. The molecule has 0 spiro atoms. The van der Waals surface area contributed by atoms with Crippen LogP contribution < -0.4 is 0 Å². The van der Waals surface area contributed by atoms with Crippen LogP contribution >= 0.6 is 0 Å². The van der Waals surface area contributed by atoms with Gasteiger partial charge in [-0.3, -0.25) is 0 Å². The summed E-state index contributed by atoms with van der Waals surface area (Å²) in [5, 5.41) is 0. The van der Waals surface area contributed by atoms with Gasteiger partial charge in [0.25, 0.3) is 0 Å². The molecule has 76 valence electrons. The maximum atomic E-state index is 11.7. The molecule has 1 rings (SSSR count). The van der Waals surface area contributed by atoms with Gasteiger partial charge < -0.3 is 0 Å². The molecule has 0 N–H and O–H groups in total. The molecule has 2 unspecified atom stereocenters. The van der Waals surface area contributed by atoms with Gasteiger partial charge in [0.1, 0.15) is 0 Å². The molecule has 0 aromatic rings. The summed E-state index contributed by atoms with van der Waals surface area (Å²) in [7, 11) is -3.04. The Balaban J connectivity index is 2.69. The third-order valence-corrected chi connectivity index (χ3v) is 4.39. The first kappa shape index (κ1) is 10.7. The molecule has 0 radical (unpaired) electrons. The molecular weight excluding hydrogens is 186 g/mol. The lowest BCUT2D eigenvalue weighted by atomic mass is 10.0. The van der Waals surface area contributed by atoms with Crippen LogP contribution in [0.3, 0.4) is 0 Å². The van der Waals surface area contributed by atoms with Crippen LogP contribution in [-0.2, 0) is 10.0 Å². The molecule has 1 aliphatic heterocycles. The molecule has 4 heteroatoms. The summed E-state index contributed by atoms with van der Waals surface area (Å²) in [5.74, 6) is 0.137. The molecule has 1 fully saturated rings. The summed E-state index contributed by atoms with van der Waals surface area (Å²) in [6.45, 7) is 5.74. The summed E-state index contributed by atoms with van der Waals surface area (Å²) in [6.07, 6.45) is 4.44. The summed E-state index contributed by atoms with van der Waals surface area (Å²) in [4.78, 5) is 0. The van der Waals surface area contributed by atoms with Gasteiger partial charge in [0.15, 0.2) is 0 Å². The molecule has 1 heterocycles. The molecule has 0 aromatic heterocycles. The maximum absolute atomic E-state index is 11.7. The molecule has 2 atom stereocenters. The normalized spacial score (nSPS) is 30.7. The minimum atomic E-state index is -3.04. The Hall–Kier alpha value is -0.350. The van der Waals surface area contributed by atoms with Gasteiger partial charge in [-0.1, -0.05) is 12.2 Å². The topological polar surface area (TPSA) is 37.4 Å². The highest BCUT2D eigenvalue weighted by Crippen LogP contribution is 2.28. The Morgan fingerprint density at radius 3 is 2.31 bits per heavy atom. The minimum absolute atomic E-state index is 0.137. The van der Waals surface area contributed by atoms with E-state index in [0.717, 1.165) is 6.42 Å². The van der Waals surface area contributed by atoms with E-state index in [-0.39, 0.29) is 17.8 Å². The average Bonchev–Trinajstić information content (AvgIpc) is 1.99. The average molecular weight is 203 g/mol. The predicted octanol–water partition coefficient (Wildman–Crippen LogP) is 1.37. The SMILES string of the molecule is C/C=C/CS(=O)(=O)N1C(C)CC1C. The number of hydrogen-bond acceptors (Lipinski definition) is 2. The van der Waals surface area contributed by atoms with Crippen molar-refractivity contribution >= 4 is 10.0 Å². The molecule has 0 bridgehead atoms. The third kappa shape index (κ3) is 2.11. The first-order valence-electron chi connectivity index (χ1n) is 4.61. The van der Waals surface area contributed by atoms with Gasteiger partial charge in [-0.2, -0.15) is 4.31 Å². The van der Waals surface area contributed by atoms with Gasteiger partial charge in [0, 0.05) is 12.1 Å². The fraction of sp³-hybridized carbons (Fsp3) is 0.778. The van der Waals surface area contributed by atoms with E-state index in [1.54, 1.807) is 16.5 Å². The zero-order valence-electron chi connectivity index (χ0n) is 8.40. The Labute approximate surface area is 80.5 Å². The summed E-state index contributed by atoms with van der Waals surface area (Å²) < 4.78 is 24.9. The molecule has 1 aliphatic rings. The lowest BCUT2D eigenvalue weighted by molar-refractivity contribution is 0.140. The van der Waals surface area contributed by atoms with Gasteiger partial charge in [-0.25, -0.2) is 8.42 Å². The monoisotopic (exact) mass is 203 g/mol. The van der Waals surface area contributed by atoms with Gasteiger partial charge >= 0.3 is 0 Å². The second kappa shape index (κ2) is 3.80. The second-order valence-corrected chi connectivity index (χ2v) is 5.53. The van der Waals surface area contributed by atoms with Crippen molar-refractivity contribution in [1.29, 1.82) is 0 Å². The maximum Gasteiger partial charge on any atom is 0.218 e. The van der Waals surface area contributed by atoms with Crippen LogP contribution in [0.2, 0.25) is 0 Å². The Morgan fingerprint density at radius 1 is 1.38 bits per heavy atom. The Kier molecular flexibility index (Phi) is 3.14. The highest BCUT2D eigenvalue weighted by Gasteiger charge is 2.39. The first-order valence-corrected chi connectivity index (χ1v) is 6.22. The number of sulfonamides is 1. The van der Waals surface area contributed by atoms with Gasteiger partial charge in [-0.15, -0.1) is 0 Å². The van der Waals surface area contributed by atoms with E-state index in [4.69, 9.17) is 0 Å². The van der Waals surface area contributed by atoms with Crippen molar-refractivity contribution in [3.05, 3.63) is 12.2 Å².